The van der Waals surface area contributed by atoms with E-state index in [9.17, 15) is 0 Å². The first-order chi connectivity index (χ1) is 3.93. The largest absolute Gasteiger partial charge is 0.375 e. The van der Waals surface area contributed by atoms with Gasteiger partial charge < -0.3 is 4.74 Å². The molecule has 0 unspecified atom stereocenters. The molecule has 0 spiro atoms. The molecule has 0 aromatic carbocycles. The van der Waals surface area contributed by atoms with Gasteiger partial charge in [0.15, 0.2) is 0 Å². The van der Waals surface area contributed by atoms with Crippen molar-refractivity contribution in [3.8, 4) is 0 Å². The highest BCUT2D eigenvalue weighted by Crippen LogP contribution is 2.24. The fourth-order valence-corrected chi connectivity index (χ4v) is 1.000. The number of hydrogen-bond donors (Lipinski definition) is 0. The molecule has 0 heterocycles. The fourth-order valence-electron chi connectivity index (χ4n) is 1.000. The lowest BCUT2D eigenvalue weighted by atomic mass is 9.98. The van der Waals surface area contributed by atoms with Crippen molar-refractivity contribution in [2.24, 2.45) is 0 Å². The predicted octanol–water partition coefficient (Wildman–Crippen LogP) is 1.94. The molecule has 8 heavy (non-hydrogen) atoms. The summed E-state index contributed by atoms with van der Waals surface area (Å²) in [5.74, 6) is 0. The molecule has 1 aliphatic rings. The van der Waals surface area contributed by atoms with Gasteiger partial charge in [-0.3, -0.25) is 0 Å². The van der Waals surface area contributed by atoms with Gasteiger partial charge in [0, 0.05) is 7.11 Å². The maximum atomic E-state index is 5.09. The Balaban J connectivity index is 2.13. The summed E-state index contributed by atoms with van der Waals surface area (Å²) in [4.78, 5) is 0. The summed E-state index contributed by atoms with van der Waals surface area (Å²) in [5.41, 5.74) is 0. The summed E-state index contributed by atoms with van der Waals surface area (Å²) in [6.07, 6.45) is 8.31. The average Bonchev–Trinajstić information content (AvgIpc) is 1.90. The van der Waals surface area contributed by atoms with Crippen LogP contribution in [0, 0.1) is 12.5 Å². The van der Waals surface area contributed by atoms with Gasteiger partial charge in [0.1, 0.15) is 0 Å². The van der Waals surface area contributed by atoms with Crippen LogP contribution in [0.15, 0.2) is 0 Å². The summed E-state index contributed by atoms with van der Waals surface area (Å²) in [6.45, 7) is 0. The van der Waals surface area contributed by atoms with Gasteiger partial charge in [0.05, 0.1) is 6.10 Å². The smallest absolute Gasteiger partial charge is 0.0967 e. The molecule has 1 aliphatic carbocycles. The molecule has 0 amide bonds. The van der Waals surface area contributed by atoms with E-state index in [1.54, 1.807) is 7.11 Å². The Morgan fingerprint density at radius 1 is 1.38 bits per heavy atom. The molecule has 0 aliphatic heterocycles. The van der Waals surface area contributed by atoms with Crippen LogP contribution in [0.2, 0.25) is 0 Å². The Kier molecular flexibility index (Phi) is 2.34. The van der Waals surface area contributed by atoms with Crippen molar-refractivity contribution in [2.75, 3.05) is 7.11 Å². The molecular formula is C7H12O. The highest BCUT2D eigenvalue weighted by molar-refractivity contribution is 4.88. The zero-order chi connectivity index (χ0) is 5.82. The molecule has 0 aromatic rings. The molecule has 1 fully saturated rings. The van der Waals surface area contributed by atoms with Crippen LogP contribution in [0.5, 0.6) is 0 Å². The highest BCUT2D eigenvalue weighted by atomic mass is 16.5. The van der Waals surface area contributed by atoms with Crippen LogP contribution in [-0.2, 0) is 4.74 Å². The minimum absolute atomic E-state index is 1.15. The average molecular weight is 112 g/mol. The predicted molar refractivity (Wildman–Crippen MR) is 33.0 cm³/mol. The first-order valence-electron chi connectivity index (χ1n) is 3.14. The topological polar surface area (TPSA) is 9.23 Å². The molecule has 0 N–H and O–H groups in total. The fraction of sp³-hybridized carbons (Fsp3) is 0.714. The van der Waals surface area contributed by atoms with Gasteiger partial charge in [-0.25, -0.2) is 0 Å². The summed E-state index contributed by atoms with van der Waals surface area (Å²) < 4.78 is 5.09. The van der Waals surface area contributed by atoms with Crippen LogP contribution >= 0.6 is 0 Å². The molecule has 1 nitrogen and oxygen atoms in total. The molecule has 1 saturated carbocycles. The standard InChI is InChI=1S/C7H12O/c1-8-7-5-3-2-4-6-7/h2H,3-6H2,1H3. The highest BCUT2D eigenvalue weighted by Gasteiger charge is 2.12. The van der Waals surface area contributed by atoms with E-state index in [0.29, 0.717) is 0 Å². The van der Waals surface area contributed by atoms with E-state index in [2.05, 4.69) is 6.42 Å². The van der Waals surface area contributed by atoms with Crippen molar-refractivity contribution < 1.29 is 4.74 Å². The van der Waals surface area contributed by atoms with Crippen LogP contribution in [0.4, 0.5) is 0 Å². The molecule has 1 rings (SSSR count). The Morgan fingerprint density at radius 2 is 2.00 bits per heavy atom. The van der Waals surface area contributed by atoms with E-state index < -0.39 is 0 Å². The molecule has 2 radical (unpaired) electrons. The van der Waals surface area contributed by atoms with Crippen molar-refractivity contribution in [3.05, 3.63) is 12.5 Å². The maximum absolute atomic E-state index is 5.09. The van der Waals surface area contributed by atoms with Crippen molar-refractivity contribution >= 4 is 0 Å². The maximum Gasteiger partial charge on any atom is 0.0967 e. The van der Waals surface area contributed by atoms with Gasteiger partial charge in [-0.05, 0) is 32.1 Å². The molecule has 1 heteroatoms. The van der Waals surface area contributed by atoms with Crippen LogP contribution < -0.4 is 0 Å². The van der Waals surface area contributed by atoms with Crippen molar-refractivity contribution in [2.45, 2.75) is 25.7 Å². The lowest BCUT2D eigenvalue weighted by molar-refractivity contribution is 0.175. The summed E-state index contributed by atoms with van der Waals surface area (Å²) >= 11 is 0. The van der Waals surface area contributed by atoms with E-state index >= 15 is 0 Å². The zero-order valence-electron chi connectivity index (χ0n) is 5.31. The van der Waals surface area contributed by atoms with Gasteiger partial charge in [-0.2, -0.15) is 0 Å². The third-order valence-corrected chi connectivity index (χ3v) is 1.54. The number of rotatable bonds is 1. The van der Waals surface area contributed by atoms with E-state index in [-0.39, 0.29) is 0 Å². The molecular weight excluding hydrogens is 100 g/mol. The third-order valence-electron chi connectivity index (χ3n) is 1.54. The zero-order valence-corrected chi connectivity index (χ0v) is 5.31. The number of hydrogen-bond acceptors (Lipinski definition) is 1. The summed E-state index contributed by atoms with van der Waals surface area (Å²) in [7, 11) is 1.76. The normalized spacial score (nSPS) is 23.6. The third kappa shape index (κ3) is 1.48. The quantitative estimate of drug-likeness (QED) is 0.503. The minimum Gasteiger partial charge on any atom is -0.375 e. The first kappa shape index (κ1) is 6.09. The Labute approximate surface area is 51.0 Å². The Hall–Kier alpha value is -0.0400. The van der Waals surface area contributed by atoms with Crippen molar-refractivity contribution in [3.63, 3.8) is 0 Å². The van der Waals surface area contributed by atoms with Gasteiger partial charge in [0.2, 0.25) is 0 Å². The molecule has 46 valence electrons. The van der Waals surface area contributed by atoms with Crippen LogP contribution in [0.1, 0.15) is 25.7 Å². The van der Waals surface area contributed by atoms with E-state index in [4.69, 9.17) is 4.74 Å². The van der Waals surface area contributed by atoms with Crippen LogP contribution in [-0.4, -0.2) is 7.11 Å². The minimum atomic E-state index is 1.15. The van der Waals surface area contributed by atoms with E-state index in [0.717, 1.165) is 12.8 Å². The molecule has 0 atom stereocenters. The lowest BCUT2D eigenvalue weighted by Crippen LogP contribution is -2.05. The second-order valence-electron chi connectivity index (χ2n) is 2.11. The van der Waals surface area contributed by atoms with Crippen LogP contribution in [0.25, 0.3) is 0 Å². The second kappa shape index (κ2) is 3.08. The molecule has 0 aromatic heterocycles. The van der Waals surface area contributed by atoms with Crippen LogP contribution in [0.3, 0.4) is 0 Å². The summed E-state index contributed by atoms with van der Waals surface area (Å²) in [5, 5.41) is 0. The van der Waals surface area contributed by atoms with Crippen molar-refractivity contribution in [1.29, 1.82) is 0 Å². The van der Waals surface area contributed by atoms with E-state index in [1.165, 1.54) is 18.9 Å². The number of ether oxygens (including phenoxy) is 1. The van der Waals surface area contributed by atoms with Gasteiger partial charge in [-0.1, -0.05) is 0 Å². The number of methoxy groups -OCH3 is 1. The monoisotopic (exact) mass is 112 g/mol. The van der Waals surface area contributed by atoms with Gasteiger partial charge in [0.25, 0.3) is 0 Å². The lowest BCUT2D eigenvalue weighted by Gasteiger charge is -2.17. The Bertz CT molecular complexity index is 55.4. The van der Waals surface area contributed by atoms with E-state index in [1.807, 2.05) is 0 Å². The Morgan fingerprint density at radius 3 is 2.38 bits per heavy atom. The summed E-state index contributed by atoms with van der Waals surface area (Å²) in [6, 6.07) is 0. The SMILES string of the molecule is CO[C]1CC[CH]CC1. The second-order valence-corrected chi connectivity index (χ2v) is 2.11. The van der Waals surface area contributed by atoms with Gasteiger partial charge in [-0.15, -0.1) is 0 Å². The first-order valence-corrected chi connectivity index (χ1v) is 3.14. The molecule has 0 saturated heterocycles. The molecule has 0 bridgehead atoms. The van der Waals surface area contributed by atoms with Crippen molar-refractivity contribution in [1.82, 2.24) is 0 Å². The van der Waals surface area contributed by atoms with Gasteiger partial charge >= 0.3 is 0 Å².